The van der Waals surface area contributed by atoms with E-state index in [0.29, 0.717) is 5.69 Å². The van der Waals surface area contributed by atoms with Crippen LogP contribution in [0, 0.1) is 5.82 Å². The van der Waals surface area contributed by atoms with Gasteiger partial charge in [-0.2, -0.15) is 0 Å². The molecule has 6 nitrogen and oxygen atoms in total. The molecule has 134 valence electrons. The first kappa shape index (κ1) is 18.0. The predicted octanol–water partition coefficient (Wildman–Crippen LogP) is 2.64. The predicted molar refractivity (Wildman–Crippen MR) is 94.6 cm³/mol. The van der Waals surface area contributed by atoms with E-state index in [1.807, 2.05) is 0 Å². The van der Waals surface area contributed by atoms with Crippen molar-refractivity contribution in [3.8, 4) is 17.1 Å². The Morgan fingerprint density at radius 2 is 1.65 bits per heavy atom. The summed E-state index contributed by atoms with van der Waals surface area (Å²) in [6.07, 6.45) is 0. The van der Waals surface area contributed by atoms with E-state index in [0.717, 1.165) is 5.56 Å². The fourth-order valence-electron chi connectivity index (χ4n) is 2.19. The summed E-state index contributed by atoms with van der Waals surface area (Å²) < 4.78 is 44.9. The molecule has 0 fully saturated rings. The van der Waals surface area contributed by atoms with Crippen LogP contribution in [0.25, 0.3) is 11.3 Å². The van der Waals surface area contributed by atoms with Crippen molar-refractivity contribution in [2.45, 2.75) is 4.90 Å². The van der Waals surface area contributed by atoms with Gasteiger partial charge in [0, 0.05) is 18.2 Å². The molecule has 0 bridgehead atoms. The molecular weight excluding hydrogens is 357 g/mol. The van der Waals surface area contributed by atoms with Crippen molar-refractivity contribution in [3.63, 3.8) is 0 Å². The maximum atomic E-state index is 12.9. The molecule has 0 radical (unpaired) electrons. The van der Waals surface area contributed by atoms with Crippen LogP contribution >= 0.6 is 0 Å². The van der Waals surface area contributed by atoms with Gasteiger partial charge in [-0.15, -0.1) is 10.2 Å². The number of rotatable bonds is 7. The number of benzene rings is 2. The Morgan fingerprint density at radius 1 is 0.923 bits per heavy atom. The van der Waals surface area contributed by atoms with Gasteiger partial charge in [-0.1, -0.05) is 18.2 Å². The van der Waals surface area contributed by atoms with E-state index in [-0.39, 0.29) is 29.7 Å². The smallest absolute Gasteiger partial charge is 0.240 e. The van der Waals surface area contributed by atoms with Gasteiger partial charge >= 0.3 is 0 Å². The number of nitrogens with zero attached hydrogens (tertiary/aromatic N) is 2. The molecule has 0 unspecified atom stereocenters. The normalized spacial score (nSPS) is 11.3. The molecule has 0 spiro atoms. The second-order valence-corrected chi connectivity index (χ2v) is 7.09. The van der Waals surface area contributed by atoms with E-state index < -0.39 is 10.0 Å². The molecule has 8 heteroatoms. The number of halogens is 1. The lowest BCUT2D eigenvalue weighted by atomic mass is 10.1. The number of ether oxygens (including phenoxy) is 1. The van der Waals surface area contributed by atoms with Gasteiger partial charge < -0.3 is 4.74 Å². The highest BCUT2D eigenvalue weighted by Crippen LogP contribution is 2.18. The molecule has 1 heterocycles. The lowest BCUT2D eigenvalue weighted by molar-refractivity contribution is 0.307. The molecule has 3 aromatic rings. The molecule has 0 aliphatic heterocycles. The summed E-state index contributed by atoms with van der Waals surface area (Å²) in [6.45, 7) is 0.204. The minimum absolute atomic E-state index is 0.0959. The van der Waals surface area contributed by atoms with E-state index in [9.17, 15) is 12.8 Å². The van der Waals surface area contributed by atoms with E-state index in [1.165, 1.54) is 24.3 Å². The van der Waals surface area contributed by atoms with Gasteiger partial charge in [0.2, 0.25) is 15.9 Å². The quantitative estimate of drug-likeness (QED) is 0.644. The Morgan fingerprint density at radius 3 is 2.31 bits per heavy atom. The largest absolute Gasteiger partial charge is 0.475 e. The van der Waals surface area contributed by atoms with Crippen molar-refractivity contribution in [2.75, 3.05) is 13.2 Å². The molecule has 0 saturated carbocycles. The maximum absolute atomic E-state index is 12.9. The fourth-order valence-corrected chi connectivity index (χ4v) is 3.22. The zero-order chi connectivity index (χ0) is 18.4. The zero-order valence-electron chi connectivity index (χ0n) is 13.7. The van der Waals surface area contributed by atoms with Crippen LogP contribution in [0.15, 0.2) is 71.6 Å². The first-order valence-electron chi connectivity index (χ1n) is 7.82. The Hall–Kier alpha value is -2.84. The van der Waals surface area contributed by atoms with E-state index >= 15 is 0 Å². The van der Waals surface area contributed by atoms with Crippen LogP contribution in [0.5, 0.6) is 5.88 Å². The van der Waals surface area contributed by atoms with Crippen LogP contribution in [-0.2, 0) is 10.0 Å². The van der Waals surface area contributed by atoms with Crippen molar-refractivity contribution in [3.05, 3.63) is 72.5 Å². The molecule has 2 aromatic carbocycles. The third-order valence-corrected chi connectivity index (χ3v) is 4.95. The molecule has 3 rings (SSSR count). The van der Waals surface area contributed by atoms with Gasteiger partial charge in [0.1, 0.15) is 12.4 Å². The lowest BCUT2D eigenvalue weighted by Crippen LogP contribution is -2.28. The van der Waals surface area contributed by atoms with E-state index in [4.69, 9.17) is 4.74 Å². The molecule has 1 aromatic heterocycles. The molecule has 0 aliphatic rings. The van der Waals surface area contributed by atoms with Crippen LogP contribution in [0.2, 0.25) is 0 Å². The zero-order valence-corrected chi connectivity index (χ0v) is 14.5. The SMILES string of the molecule is O=S(=O)(NCCOc1ccc(-c2ccc(F)cc2)nn1)c1ccccc1. The fraction of sp³-hybridized carbons (Fsp3) is 0.111. The third kappa shape index (κ3) is 4.62. The molecule has 0 amide bonds. The number of nitrogens with one attached hydrogen (secondary N) is 1. The monoisotopic (exact) mass is 373 g/mol. The van der Waals surface area contributed by atoms with Gasteiger partial charge in [-0.25, -0.2) is 17.5 Å². The first-order chi connectivity index (χ1) is 12.5. The average molecular weight is 373 g/mol. The second kappa shape index (κ2) is 8.03. The van der Waals surface area contributed by atoms with Gasteiger partial charge in [0.25, 0.3) is 0 Å². The average Bonchev–Trinajstić information content (AvgIpc) is 2.67. The molecule has 26 heavy (non-hydrogen) atoms. The van der Waals surface area contributed by atoms with Gasteiger partial charge in [0.05, 0.1) is 10.6 Å². The number of aromatic nitrogens is 2. The van der Waals surface area contributed by atoms with Crippen molar-refractivity contribution in [1.82, 2.24) is 14.9 Å². The summed E-state index contributed by atoms with van der Waals surface area (Å²) >= 11 is 0. The Kier molecular flexibility index (Phi) is 5.55. The summed E-state index contributed by atoms with van der Waals surface area (Å²) in [5.41, 5.74) is 1.32. The first-order valence-corrected chi connectivity index (χ1v) is 9.30. The highest BCUT2D eigenvalue weighted by molar-refractivity contribution is 7.89. The third-order valence-electron chi connectivity index (χ3n) is 3.48. The van der Waals surface area contributed by atoms with Crippen LogP contribution in [0.4, 0.5) is 4.39 Å². The minimum Gasteiger partial charge on any atom is -0.475 e. The molecule has 0 aliphatic carbocycles. The van der Waals surface area contributed by atoms with E-state index in [2.05, 4.69) is 14.9 Å². The topological polar surface area (TPSA) is 81.2 Å². The number of hydrogen-bond acceptors (Lipinski definition) is 5. The minimum atomic E-state index is -3.56. The van der Waals surface area contributed by atoms with Gasteiger partial charge in [-0.05, 0) is 42.5 Å². The summed E-state index contributed by atoms with van der Waals surface area (Å²) in [5.74, 6) is -0.0469. The van der Waals surface area contributed by atoms with Crippen molar-refractivity contribution < 1.29 is 17.5 Å². The number of sulfonamides is 1. The summed E-state index contributed by atoms with van der Waals surface area (Å²) in [4.78, 5) is 0.198. The van der Waals surface area contributed by atoms with Gasteiger partial charge in [0.15, 0.2) is 0 Å². The summed E-state index contributed by atoms with van der Waals surface area (Å²) in [6, 6.07) is 17.3. The van der Waals surface area contributed by atoms with E-state index in [1.54, 1.807) is 42.5 Å². The van der Waals surface area contributed by atoms with Crippen molar-refractivity contribution >= 4 is 10.0 Å². The molecule has 0 atom stereocenters. The van der Waals surface area contributed by atoms with Crippen LogP contribution in [-0.4, -0.2) is 31.8 Å². The van der Waals surface area contributed by atoms with Crippen LogP contribution in [0.1, 0.15) is 0 Å². The lowest BCUT2D eigenvalue weighted by Gasteiger charge is -2.08. The molecule has 0 saturated heterocycles. The summed E-state index contributed by atoms with van der Waals surface area (Å²) in [7, 11) is -3.56. The number of hydrogen-bond donors (Lipinski definition) is 1. The Bertz CT molecular complexity index is 947. The standard InChI is InChI=1S/C18H16FN3O3S/c19-15-8-6-14(7-9-15)17-10-11-18(22-21-17)25-13-12-20-26(23,24)16-4-2-1-3-5-16/h1-11,20H,12-13H2. The van der Waals surface area contributed by atoms with Crippen molar-refractivity contribution in [2.24, 2.45) is 0 Å². The summed E-state index contributed by atoms with van der Waals surface area (Å²) in [5, 5.41) is 7.94. The highest BCUT2D eigenvalue weighted by Gasteiger charge is 2.12. The molecular formula is C18H16FN3O3S. The second-order valence-electron chi connectivity index (χ2n) is 5.32. The van der Waals surface area contributed by atoms with Crippen LogP contribution in [0.3, 0.4) is 0 Å². The highest BCUT2D eigenvalue weighted by atomic mass is 32.2. The van der Waals surface area contributed by atoms with Crippen molar-refractivity contribution in [1.29, 1.82) is 0 Å². The van der Waals surface area contributed by atoms with Crippen LogP contribution < -0.4 is 9.46 Å². The molecule has 1 N–H and O–H groups in total. The Labute approximate surface area is 150 Å². The van der Waals surface area contributed by atoms with Gasteiger partial charge in [-0.3, -0.25) is 0 Å². The maximum Gasteiger partial charge on any atom is 0.240 e. The Balaban J connectivity index is 1.52.